The summed E-state index contributed by atoms with van der Waals surface area (Å²) < 4.78 is 17.6. The maximum absolute atomic E-state index is 13.7. The van der Waals surface area contributed by atoms with Crippen molar-refractivity contribution >= 4 is 43.8 Å². The van der Waals surface area contributed by atoms with Gasteiger partial charge < -0.3 is 56.6 Å². The fourth-order valence-corrected chi connectivity index (χ4v) is 13.6. The lowest BCUT2D eigenvalue weighted by Crippen LogP contribution is -2.57. The molecule has 320 valence electrons. The van der Waals surface area contributed by atoms with Crippen LogP contribution in [0.4, 0.5) is 10.5 Å². The van der Waals surface area contributed by atoms with Crippen molar-refractivity contribution in [2.24, 2.45) is 11.5 Å². The SMILES string of the molecule is COc1ccc(C[C@H](NC(=O)OCc2ccccc2)C(=O)N[C@@H](CC(N)=O)C(=O)O)cc1-c1cccc2c1NC(=O)[C@@]2(O)[C@H](O)[C@H](N)CO[Si](C(C)C)(C(C)C)C(C)C. The molecule has 0 bridgehead atoms. The van der Waals surface area contributed by atoms with Gasteiger partial charge in [0.15, 0.2) is 13.9 Å². The number of nitrogens with one attached hydrogen (secondary N) is 3. The van der Waals surface area contributed by atoms with Crippen LogP contribution >= 0.6 is 0 Å². The van der Waals surface area contributed by atoms with Crippen LogP contribution in [0.3, 0.4) is 0 Å². The number of hydrogen-bond donors (Lipinski definition) is 8. The number of alkyl carbamates (subject to hydrolysis) is 1. The van der Waals surface area contributed by atoms with Gasteiger partial charge >= 0.3 is 12.1 Å². The Hall–Kier alpha value is -5.33. The molecule has 1 aliphatic rings. The molecule has 10 N–H and O–H groups in total. The van der Waals surface area contributed by atoms with Gasteiger partial charge in [-0.1, -0.05) is 96.1 Å². The Bertz CT molecular complexity index is 1970. The number of rotatable bonds is 20. The lowest BCUT2D eigenvalue weighted by molar-refractivity contribution is -0.150. The second kappa shape index (κ2) is 19.6. The van der Waals surface area contributed by atoms with E-state index in [-0.39, 0.29) is 47.5 Å². The summed E-state index contributed by atoms with van der Waals surface area (Å²) in [5, 5.41) is 40.8. The molecular weight excluding hydrogens is 779 g/mol. The topological polar surface area (TPSA) is 262 Å². The van der Waals surface area contributed by atoms with E-state index in [0.29, 0.717) is 28.0 Å². The zero-order valence-electron chi connectivity index (χ0n) is 34.5. The maximum Gasteiger partial charge on any atom is 0.408 e. The van der Waals surface area contributed by atoms with Gasteiger partial charge in [0.05, 0.1) is 31.9 Å². The number of carboxylic acid groups (broad SMARTS) is 1. The molecule has 16 nitrogen and oxygen atoms in total. The molecule has 4 amide bonds. The summed E-state index contributed by atoms with van der Waals surface area (Å²) in [6, 6.07) is 14.2. The number of aliphatic hydroxyl groups is 2. The predicted molar refractivity (Wildman–Crippen MR) is 223 cm³/mol. The molecule has 17 heteroatoms. The highest BCUT2D eigenvalue weighted by atomic mass is 28.4. The zero-order chi connectivity index (χ0) is 43.8. The number of benzene rings is 3. The largest absolute Gasteiger partial charge is 0.496 e. The van der Waals surface area contributed by atoms with Crippen molar-refractivity contribution in [1.29, 1.82) is 0 Å². The van der Waals surface area contributed by atoms with E-state index < -0.39 is 74.4 Å². The van der Waals surface area contributed by atoms with Crippen molar-refractivity contribution in [2.75, 3.05) is 19.0 Å². The Morgan fingerprint density at radius 2 is 1.51 bits per heavy atom. The van der Waals surface area contributed by atoms with Gasteiger partial charge in [0.25, 0.3) is 5.91 Å². The average molecular weight is 836 g/mol. The van der Waals surface area contributed by atoms with E-state index >= 15 is 0 Å². The summed E-state index contributed by atoms with van der Waals surface area (Å²) in [7, 11) is -0.981. The minimum Gasteiger partial charge on any atom is -0.496 e. The standard InChI is InChI=1S/C42H57N5O11Si/c1-23(2)59(24(3)4,25(5)6)58-22-31(43)37(49)42(55)30-15-11-14-28(36(30)47-40(42)53)29-18-27(16-17-34(29)56-7)19-32(38(50)45-33(39(51)52)20-35(44)48)46-41(54)57-21-26-12-9-8-10-13-26/h8-18,23-25,31-33,37,49,55H,19-22,43H2,1-7H3,(H2,44,48)(H,45,50)(H,46,54)(H,47,53)(H,51,52)/t31-,32+,33+,37-,42+/m1/s1. The van der Waals surface area contributed by atoms with Crippen LogP contribution < -0.4 is 32.2 Å². The Morgan fingerprint density at radius 1 is 0.864 bits per heavy atom. The van der Waals surface area contributed by atoms with Crippen molar-refractivity contribution < 1.29 is 53.2 Å². The van der Waals surface area contributed by atoms with Crippen LogP contribution in [0.1, 0.15) is 64.7 Å². The first kappa shape index (κ1) is 46.4. The van der Waals surface area contributed by atoms with Crippen LogP contribution in [0.5, 0.6) is 5.75 Å². The number of primary amides is 1. The number of aliphatic carboxylic acids is 1. The molecule has 0 spiro atoms. The Morgan fingerprint density at radius 3 is 2.08 bits per heavy atom. The summed E-state index contributed by atoms with van der Waals surface area (Å²) in [4.78, 5) is 63.7. The van der Waals surface area contributed by atoms with Gasteiger partial charge in [-0.15, -0.1) is 0 Å². The van der Waals surface area contributed by atoms with E-state index in [4.69, 9.17) is 25.4 Å². The number of nitrogens with two attached hydrogens (primary N) is 2. The van der Waals surface area contributed by atoms with E-state index in [9.17, 15) is 39.3 Å². The average Bonchev–Trinajstić information content (AvgIpc) is 3.45. The fourth-order valence-electron chi connectivity index (χ4n) is 8.11. The first-order valence-electron chi connectivity index (χ1n) is 19.5. The molecule has 0 aliphatic carbocycles. The highest BCUT2D eigenvalue weighted by Gasteiger charge is 2.54. The Kier molecular flexibility index (Phi) is 15.4. The van der Waals surface area contributed by atoms with Crippen molar-refractivity contribution in [2.45, 2.75) is 107 Å². The first-order valence-corrected chi connectivity index (χ1v) is 21.6. The number of carboxylic acids is 1. The molecule has 0 unspecified atom stereocenters. The van der Waals surface area contributed by atoms with E-state index in [0.717, 1.165) is 0 Å². The summed E-state index contributed by atoms with van der Waals surface area (Å²) in [6.07, 6.45) is -3.64. The van der Waals surface area contributed by atoms with Crippen molar-refractivity contribution in [3.8, 4) is 16.9 Å². The van der Waals surface area contributed by atoms with E-state index in [1.165, 1.54) is 13.2 Å². The molecule has 0 saturated heterocycles. The second-order valence-corrected chi connectivity index (χ2v) is 21.2. The predicted octanol–water partition coefficient (Wildman–Crippen LogP) is 3.66. The molecule has 59 heavy (non-hydrogen) atoms. The Labute approximate surface area is 345 Å². The van der Waals surface area contributed by atoms with Crippen molar-refractivity contribution in [1.82, 2.24) is 10.6 Å². The molecule has 4 rings (SSSR count). The molecular formula is C42H57N5O11Si. The minimum absolute atomic E-state index is 0.0738. The van der Waals surface area contributed by atoms with Crippen LogP contribution in [0.2, 0.25) is 16.6 Å². The maximum atomic E-state index is 13.7. The monoisotopic (exact) mass is 835 g/mol. The molecule has 0 aromatic heterocycles. The molecule has 0 fully saturated rings. The molecule has 0 radical (unpaired) electrons. The smallest absolute Gasteiger partial charge is 0.408 e. The number of anilines is 1. The number of carbonyl (C=O) groups is 5. The van der Waals surface area contributed by atoms with Crippen molar-refractivity contribution in [3.05, 3.63) is 83.4 Å². The third-order valence-electron chi connectivity index (χ3n) is 11.0. The third-order valence-corrected chi connectivity index (χ3v) is 17.0. The van der Waals surface area contributed by atoms with Crippen molar-refractivity contribution in [3.63, 3.8) is 0 Å². The highest BCUT2D eigenvalue weighted by molar-refractivity contribution is 6.77. The molecule has 1 heterocycles. The fraction of sp³-hybridized carbons (Fsp3) is 0.452. The van der Waals surface area contributed by atoms with Gasteiger partial charge in [0.2, 0.25) is 11.8 Å². The van der Waals surface area contributed by atoms with E-state index in [1.54, 1.807) is 60.7 Å². The molecule has 1 aliphatic heterocycles. The molecule has 5 atom stereocenters. The van der Waals surface area contributed by atoms with Gasteiger partial charge in [-0.3, -0.25) is 14.4 Å². The van der Waals surface area contributed by atoms with E-state index in [2.05, 4.69) is 57.5 Å². The summed E-state index contributed by atoms with van der Waals surface area (Å²) in [6.45, 7) is 12.5. The number of ether oxygens (including phenoxy) is 2. The lowest BCUT2D eigenvalue weighted by Gasteiger charge is -2.43. The summed E-state index contributed by atoms with van der Waals surface area (Å²) in [5.41, 5.74) is 12.1. The van der Waals surface area contributed by atoms with Gasteiger partial charge in [0.1, 0.15) is 30.5 Å². The van der Waals surface area contributed by atoms with Crippen LogP contribution in [0.25, 0.3) is 11.1 Å². The molecule has 3 aromatic carbocycles. The van der Waals surface area contributed by atoms with E-state index in [1.807, 2.05) is 0 Å². The number of amides is 4. The van der Waals surface area contributed by atoms with Crippen LogP contribution in [0, 0.1) is 0 Å². The zero-order valence-corrected chi connectivity index (χ0v) is 35.5. The Balaban J connectivity index is 1.67. The van der Waals surface area contributed by atoms with Gasteiger partial charge in [-0.25, -0.2) is 9.59 Å². The van der Waals surface area contributed by atoms with Gasteiger partial charge in [0, 0.05) is 23.1 Å². The third kappa shape index (κ3) is 10.3. The van der Waals surface area contributed by atoms with Crippen LogP contribution in [-0.2, 0) is 47.0 Å². The number of aliphatic hydroxyl groups excluding tert-OH is 1. The minimum atomic E-state index is -2.45. The summed E-state index contributed by atoms with van der Waals surface area (Å²) >= 11 is 0. The quantitative estimate of drug-likeness (QED) is 0.0759. The number of hydrogen-bond acceptors (Lipinski definition) is 11. The van der Waals surface area contributed by atoms with Crippen LogP contribution in [-0.4, -0.2) is 91.4 Å². The number of para-hydroxylation sites is 1. The van der Waals surface area contributed by atoms with Gasteiger partial charge in [-0.05, 0) is 39.9 Å². The normalized spacial score (nSPS) is 17.1. The number of methoxy groups -OCH3 is 1. The number of fused-ring (bicyclic) bond motifs is 1. The van der Waals surface area contributed by atoms with Gasteiger partial charge in [-0.2, -0.15) is 0 Å². The lowest BCUT2D eigenvalue weighted by atomic mass is 9.84. The van der Waals surface area contributed by atoms with Crippen LogP contribution in [0.15, 0.2) is 66.7 Å². The first-order chi connectivity index (χ1) is 27.8. The molecule has 0 saturated carbocycles. The summed E-state index contributed by atoms with van der Waals surface area (Å²) in [5.74, 6) is -3.97. The highest BCUT2D eigenvalue weighted by Crippen LogP contribution is 2.47. The molecule has 3 aromatic rings. The number of carbonyl (C=O) groups excluding carboxylic acids is 4. The second-order valence-electron chi connectivity index (χ2n) is 15.8.